The molecule has 0 heterocycles. The monoisotopic (exact) mass is 619 g/mol. The lowest BCUT2D eigenvalue weighted by Gasteiger charge is -2.33. The Hall–Kier alpha value is -4.34. The van der Waals surface area contributed by atoms with Gasteiger partial charge in [0.15, 0.2) is 0 Å². The molecule has 0 unspecified atom stereocenters. The summed E-state index contributed by atoms with van der Waals surface area (Å²) < 4.78 is 32.9. The van der Waals surface area contributed by atoms with Crippen LogP contribution in [-0.2, 0) is 32.6 Å². The summed E-state index contributed by atoms with van der Waals surface area (Å²) in [6.07, 6.45) is 1.28. The molecule has 224 valence electrons. The number of rotatable bonds is 13. The lowest BCUT2D eigenvalue weighted by Crippen LogP contribution is -2.53. The van der Waals surface area contributed by atoms with Gasteiger partial charge in [0.2, 0.25) is 21.8 Å². The van der Waals surface area contributed by atoms with Crippen LogP contribution in [-0.4, -0.2) is 50.5 Å². The molecule has 4 rings (SSSR count). The van der Waals surface area contributed by atoms with E-state index >= 15 is 0 Å². The molecule has 0 aromatic heterocycles. The lowest BCUT2D eigenvalue weighted by atomic mass is 10.0. The Morgan fingerprint density at radius 2 is 1.44 bits per heavy atom. The maximum atomic E-state index is 14.1. The number of carbonyl (C=O) groups is 2. The average molecular weight is 620 g/mol. The summed E-state index contributed by atoms with van der Waals surface area (Å²) in [5.41, 5.74) is 1.85. The highest BCUT2D eigenvalue weighted by Gasteiger charge is 2.33. The highest BCUT2D eigenvalue weighted by molar-refractivity contribution is 7.92. The van der Waals surface area contributed by atoms with Crippen molar-refractivity contribution in [2.75, 3.05) is 23.7 Å². The predicted octanol–water partition coefficient (Wildman–Crippen LogP) is 5.67. The Balaban J connectivity index is 1.66. The van der Waals surface area contributed by atoms with Crippen LogP contribution in [0.5, 0.6) is 11.5 Å². The fraction of sp³-hybridized carbons (Fsp3) is 0.212. The number of amides is 2. The molecule has 4 aromatic rings. The van der Waals surface area contributed by atoms with Gasteiger partial charge in [-0.3, -0.25) is 13.9 Å². The van der Waals surface area contributed by atoms with Gasteiger partial charge in [-0.05, 0) is 66.6 Å². The zero-order valence-corrected chi connectivity index (χ0v) is 25.6. The van der Waals surface area contributed by atoms with Crippen LogP contribution in [0.4, 0.5) is 5.69 Å². The van der Waals surface area contributed by atoms with Crippen molar-refractivity contribution in [3.8, 4) is 11.5 Å². The number of nitrogens with one attached hydrogen (secondary N) is 1. The Morgan fingerprint density at radius 1 is 0.837 bits per heavy atom. The number of carbonyl (C=O) groups excluding carboxylic acids is 2. The number of anilines is 1. The van der Waals surface area contributed by atoms with E-state index in [-0.39, 0.29) is 24.6 Å². The van der Waals surface area contributed by atoms with Crippen LogP contribution in [0.15, 0.2) is 109 Å². The van der Waals surface area contributed by atoms with Crippen LogP contribution >= 0.6 is 11.6 Å². The highest BCUT2D eigenvalue weighted by atomic mass is 35.5. The normalized spacial score (nSPS) is 11.8. The number of benzene rings is 4. The van der Waals surface area contributed by atoms with E-state index in [4.69, 9.17) is 16.3 Å². The topological polar surface area (TPSA) is 96.0 Å². The highest BCUT2D eigenvalue weighted by Crippen LogP contribution is 2.26. The van der Waals surface area contributed by atoms with E-state index in [2.05, 4.69) is 5.32 Å². The quantitative estimate of drug-likeness (QED) is 0.208. The first kappa shape index (κ1) is 31.6. The van der Waals surface area contributed by atoms with Crippen molar-refractivity contribution < 1.29 is 22.7 Å². The van der Waals surface area contributed by atoms with Gasteiger partial charge in [0.25, 0.3) is 0 Å². The largest absolute Gasteiger partial charge is 0.457 e. The number of nitrogens with zero attached hydrogens (tertiary/aromatic N) is 2. The number of ether oxygens (including phenoxy) is 1. The first-order chi connectivity index (χ1) is 20.6. The molecule has 43 heavy (non-hydrogen) atoms. The molecular weight excluding hydrogens is 586 g/mol. The molecule has 0 aliphatic rings. The number of hydrogen-bond acceptors (Lipinski definition) is 5. The maximum Gasteiger partial charge on any atom is 0.244 e. The van der Waals surface area contributed by atoms with Crippen LogP contribution in [0.25, 0.3) is 0 Å². The Morgan fingerprint density at radius 3 is 2.05 bits per heavy atom. The van der Waals surface area contributed by atoms with Gasteiger partial charge in [-0.25, -0.2) is 8.42 Å². The summed E-state index contributed by atoms with van der Waals surface area (Å²) in [6.45, 7) is 1.71. The SMILES string of the molecule is CCNC(=O)[C@H](Cc1ccccc1)N(Cc1cccc(Cl)c1)C(=O)CN(c1ccc(Oc2ccccc2)cc1)S(C)(=O)=O. The molecule has 0 saturated heterocycles. The minimum Gasteiger partial charge on any atom is -0.457 e. The van der Waals surface area contributed by atoms with Crippen LogP contribution in [0.2, 0.25) is 5.02 Å². The molecule has 1 N–H and O–H groups in total. The van der Waals surface area contributed by atoms with Crippen molar-refractivity contribution >= 4 is 39.1 Å². The molecule has 1 atom stereocenters. The lowest BCUT2D eigenvalue weighted by molar-refractivity contribution is -0.140. The number of halogens is 1. The Labute approximate surface area is 257 Å². The van der Waals surface area contributed by atoms with Crippen LogP contribution in [0.3, 0.4) is 0 Å². The third-order valence-corrected chi connectivity index (χ3v) is 8.02. The van der Waals surface area contributed by atoms with Crippen molar-refractivity contribution in [2.45, 2.75) is 25.9 Å². The zero-order chi connectivity index (χ0) is 30.8. The fourth-order valence-corrected chi connectivity index (χ4v) is 5.66. The number of likely N-dealkylation sites (N-methyl/N-ethyl adjacent to an activating group) is 1. The molecule has 0 spiro atoms. The molecule has 0 aliphatic heterocycles. The molecular formula is C33H34ClN3O5S. The summed E-state index contributed by atoms with van der Waals surface area (Å²) in [5.74, 6) is 0.269. The van der Waals surface area contributed by atoms with Crippen LogP contribution < -0.4 is 14.4 Å². The van der Waals surface area contributed by atoms with E-state index in [1.54, 1.807) is 49.4 Å². The predicted molar refractivity (Wildman–Crippen MR) is 170 cm³/mol. The Bertz CT molecular complexity index is 1620. The van der Waals surface area contributed by atoms with Gasteiger partial charge in [0.1, 0.15) is 24.1 Å². The van der Waals surface area contributed by atoms with Gasteiger partial charge in [0.05, 0.1) is 11.9 Å². The second-order valence-corrected chi connectivity index (χ2v) is 12.3. The molecule has 0 bridgehead atoms. The van der Waals surface area contributed by atoms with Crippen molar-refractivity contribution in [3.63, 3.8) is 0 Å². The van der Waals surface area contributed by atoms with E-state index in [0.717, 1.165) is 16.1 Å². The third kappa shape index (κ3) is 9.07. The first-order valence-corrected chi connectivity index (χ1v) is 16.0. The summed E-state index contributed by atoms with van der Waals surface area (Å²) in [5, 5.41) is 3.32. The number of sulfonamides is 1. The van der Waals surface area contributed by atoms with Gasteiger partial charge in [-0.2, -0.15) is 0 Å². The minimum atomic E-state index is -3.89. The zero-order valence-electron chi connectivity index (χ0n) is 24.0. The molecule has 2 amide bonds. The molecule has 8 nitrogen and oxygen atoms in total. The summed E-state index contributed by atoms with van der Waals surface area (Å²) in [6, 6.07) is 31.1. The van der Waals surface area contributed by atoms with Crippen molar-refractivity contribution in [1.82, 2.24) is 10.2 Å². The van der Waals surface area contributed by atoms with Crippen molar-refractivity contribution in [3.05, 3.63) is 125 Å². The van der Waals surface area contributed by atoms with Gasteiger partial charge in [0, 0.05) is 24.5 Å². The average Bonchev–Trinajstić information content (AvgIpc) is 2.99. The number of hydrogen-bond donors (Lipinski definition) is 1. The molecule has 0 fully saturated rings. The smallest absolute Gasteiger partial charge is 0.244 e. The third-order valence-electron chi connectivity index (χ3n) is 6.65. The van der Waals surface area contributed by atoms with Gasteiger partial charge in [-0.1, -0.05) is 72.3 Å². The standard InChI is InChI=1S/C33H34ClN3O5S/c1-3-35-33(39)31(22-25-11-6-4-7-12-25)36(23-26-13-10-14-27(34)21-26)32(38)24-37(43(2,40)41)28-17-19-30(20-18-28)42-29-15-8-5-9-16-29/h4-21,31H,3,22-24H2,1-2H3,(H,35,39)/t31-/m0/s1. The van der Waals surface area contributed by atoms with Crippen molar-refractivity contribution in [1.29, 1.82) is 0 Å². The second kappa shape index (κ2) is 14.7. The van der Waals surface area contributed by atoms with Crippen molar-refractivity contribution in [2.24, 2.45) is 0 Å². The van der Waals surface area contributed by atoms with Gasteiger partial charge >= 0.3 is 0 Å². The van der Waals surface area contributed by atoms with Gasteiger partial charge in [-0.15, -0.1) is 0 Å². The number of para-hydroxylation sites is 1. The van der Waals surface area contributed by atoms with Crippen LogP contribution in [0.1, 0.15) is 18.1 Å². The van der Waals surface area contributed by atoms with E-state index in [9.17, 15) is 18.0 Å². The molecule has 4 aromatic carbocycles. The fourth-order valence-electron chi connectivity index (χ4n) is 4.60. The van der Waals surface area contributed by atoms with E-state index in [1.807, 2.05) is 66.7 Å². The molecule has 0 saturated carbocycles. The molecule has 10 heteroatoms. The minimum absolute atomic E-state index is 0.0511. The van der Waals surface area contributed by atoms with E-state index < -0.39 is 28.5 Å². The van der Waals surface area contributed by atoms with Crippen LogP contribution in [0, 0.1) is 0 Å². The van der Waals surface area contributed by atoms with E-state index in [0.29, 0.717) is 28.6 Å². The Kier molecular flexibility index (Phi) is 10.8. The maximum absolute atomic E-state index is 14.1. The summed E-state index contributed by atoms with van der Waals surface area (Å²) in [4.78, 5) is 28.9. The summed E-state index contributed by atoms with van der Waals surface area (Å²) in [7, 11) is -3.89. The first-order valence-electron chi connectivity index (χ1n) is 13.8. The molecule has 0 radical (unpaired) electrons. The summed E-state index contributed by atoms with van der Waals surface area (Å²) >= 11 is 6.24. The molecule has 0 aliphatic carbocycles. The second-order valence-electron chi connectivity index (χ2n) is 9.93. The van der Waals surface area contributed by atoms with E-state index in [1.165, 1.54) is 4.90 Å². The van der Waals surface area contributed by atoms with Gasteiger partial charge < -0.3 is 15.0 Å².